The van der Waals surface area contributed by atoms with Gasteiger partial charge in [-0.1, -0.05) is 30.3 Å². The van der Waals surface area contributed by atoms with Crippen LogP contribution in [-0.4, -0.2) is 43.7 Å². The molecule has 0 aliphatic carbocycles. The lowest BCUT2D eigenvalue weighted by Crippen LogP contribution is -2.35. The van der Waals surface area contributed by atoms with Crippen molar-refractivity contribution in [1.82, 2.24) is 4.90 Å². The zero-order valence-corrected chi connectivity index (χ0v) is 13.6. The van der Waals surface area contributed by atoms with Crippen LogP contribution in [0, 0.1) is 0 Å². The Morgan fingerprint density at radius 2 is 1.75 bits per heavy atom. The van der Waals surface area contributed by atoms with Crippen LogP contribution in [0.4, 0.5) is 5.69 Å². The summed E-state index contributed by atoms with van der Waals surface area (Å²) in [5, 5.41) is 2.85. The van der Waals surface area contributed by atoms with Gasteiger partial charge in [0.15, 0.2) is 6.61 Å². The van der Waals surface area contributed by atoms with Crippen molar-refractivity contribution in [2.75, 3.05) is 38.2 Å². The molecule has 1 aliphatic heterocycles. The van der Waals surface area contributed by atoms with Crippen molar-refractivity contribution < 1.29 is 14.3 Å². The van der Waals surface area contributed by atoms with Gasteiger partial charge in [0.2, 0.25) is 0 Å². The molecule has 1 amide bonds. The predicted molar refractivity (Wildman–Crippen MR) is 93.1 cm³/mol. The number of carbonyl (C=O) groups excluding carboxylic acids is 1. The summed E-state index contributed by atoms with van der Waals surface area (Å²) in [6.45, 7) is 4.45. The lowest BCUT2D eigenvalue weighted by Gasteiger charge is -2.26. The van der Waals surface area contributed by atoms with Crippen LogP contribution in [0.5, 0.6) is 5.75 Å². The van der Waals surface area contributed by atoms with Crippen LogP contribution in [0.2, 0.25) is 0 Å². The summed E-state index contributed by atoms with van der Waals surface area (Å²) in [6.07, 6.45) is 0. The van der Waals surface area contributed by atoms with Crippen molar-refractivity contribution in [2.24, 2.45) is 0 Å². The van der Waals surface area contributed by atoms with E-state index in [0.29, 0.717) is 5.75 Å². The highest BCUT2D eigenvalue weighted by Gasteiger charge is 2.10. The van der Waals surface area contributed by atoms with Gasteiger partial charge in [-0.3, -0.25) is 9.69 Å². The second-order valence-corrected chi connectivity index (χ2v) is 5.74. The first-order valence-electron chi connectivity index (χ1n) is 8.16. The molecule has 5 heteroatoms. The molecule has 0 atom stereocenters. The van der Waals surface area contributed by atoms with E-state index in [9.17, 15) is 4.79 Å². The van der Waals surface area contributed by atoms with E-state index in [1.54, 1.807) is 0 Å². The zero-order chi connectivity index (χ0) is 16.6. The molecule has 1 aliphatic rings. The number of rotatable bonds is 6. The second kappa shape index (κ2) is 8.47. The molecule has 3 rings (SSSR count). The Hall–Kier alpha value is -2.37. The molecule has 0 spiro atoms. The highest BCUT2D eigenvalue weighted by Crippen LogP contribution is 2.13. The van der Waals surface area contributed by atoms with Crippen LogP contribution >= 0.6 is 0 Å². The molecule has 1 saturated heterocycles. The fourth-order valence-electron chi connectivity index (χ4n) is 2.57. The molecule has 126 valence electrons. The van der Waals surface area contributed by atoms with Crippen molar-refractivity contribution in [3.05, 3.63) is 60.2 Å². The third-order valence-electron chi connectivity index (χ3n) is 3.86. The van der Waals surface area contributed by atoms with Crippen LogP contribution in [-0.2, 0) is 16.1 Å². The molecule has 0 unspecified atom stereocenters. The summed E-state index contributed by atoms with van der Waals surface area (Å²) in [4.78, 5) is 14.3. The number of benzene rings is 2. The van der Waals surface area contributed by atoms with Gasteiger partial charge in [-0.2, -0.15) is 0 Å². The third kappa shape index (κ3) is 5.08. The molecule has 1 N–H and O–H groups in total. The Labute approximate surface area is 142 Å². The number of carbonyl (C=O) groups is 1. The number of nitrogens with zero attached hydrogens (tertiary/aromatic N) is 1. The van der Waals surface area contributed by atoms with Crippen molar-refractivity contribution in [3.63, 3.8) is 0 Å². The van der Waals surface area contributed by atoms with Crippen molar-refractivity contribution >= 4 is 11.6 Å². The minimum absolute atomic E-state index is 0.000454. The van der Waals surface area contributed by atoms with Gasteiger partial charge >= 0.3 is 0 Å². The van der Waals surface area contributed by atoms with E-state index in [2.05, 4.69) is 10.2 Å². The minimum atomic E-state index is -0.167. The maximum Gasteiger partial charge on any atom is 0.262 e. The number of para-hydroxylation sites is 1. The van der Waals surface area contributed by atoms with E-state index in [1.165, 1.54) is 5.56 Å². The van der Waals surface area contributed by atoms with E-state index >= 15 is 0 Å². The van der Waals surface area contributed by atoms with Gasteiger partial charge in [-0.05, 0) is 29.8 Å². The topological polar surface area (TPSA) is 50.8 Å². The van der Waals surface area contributed by atoms with Crippen LogP contribution < -0.4 is 10.1 Å². The third-order valence-corrected chi connectivity index (χ3v) is 3.86. The molecule has 1 heterocycles. The van der Waals surface area contributed by atoms with E-state index in [4.69, 9.17) is 9.47 Å². The summed E-state index contributed by atoms with van der Waals surface area (Å²) in [6, 6.07) is 17.3. The van der Waals surface area contributed by atoms with Gasteiger partial charge in [0.05, 0.1) is 13.2 Å². The van der Waals surface area contributed by atoms with E-state index < -0.39 is 0 Å². The lowest BCUT2D eigenvalue weighted by atomic mass is 10.2. The van der Waals surface area contributed by atoms with E-state index in [-0.39, 0.29) is 12.5 Å². The molecule has 0 radical (unpaired) electrons. The zero-order valence-electron chi connectivity index (χ0n) is 13.6. The number of hydrogen-bond donors (Lipinski definition) is 1. The molecule has 0 saturated carbocycles. The van der Waals surface area contributed by atoms with Gasteiger partial charge in [0, 0.05) is 25.3 Å². The second-order valence-electron chi connectivity index (χ2n) is 5.74. The van der Waals surface area contributed by atoms with E-state index in [0.717, 1.165) is 38.5 Å². The Morgan fingerprint density at radius 1 is 1.04 bits per heavy atom. The first-order valence-corrected chi connectivity index (χ1v) is 8.16. The van der Waals surface area contributed by atoms with E-state index in [1.807, 2.05) is 54.6 Å². The fourth-order valence-corrected chi connectivity index (χ4v) is 2.57. The molecule has 0 aromatic heterocycles. The van der Waals surface area contributed by atoms with Gasteiger partial charge < -0.3 is 14.8 Å². The number of nitrogens with one attached hydrogen (secondary N) is 1. The summed E-state index contributed by atoms with van der Waals surface area (Å²) >= 11 is 0. The maximum absolute atomic E-state index is 11.9. The Kier molecular flexibility index (Phi) is 5.82. The molecular weight excluding hydrogens is 304 g/mol. The van der Waals surface area contributed by atoms with Crippen molar-refractivity contribution in [3.8, 4) is 5.75 Å². The maximum atomic E-state index is 11.9. The summed E-state index contributed by atoms with van der Waals surface area (Å²) in [7, 11) is 0. The molecule has 1 fully saturated rings. The Bertz CT molecular complexity index is 637. The van der Waals surface area contributed by atoms with Crippen molar-refractivity contribution in [2.45, 2.75) is 6.54 Å². The monoisotopic (exact) mass is 326 g/mol. The predicted octanol–water partition coefficient (Wildman–Crippen LogP) is 2.54. The van der Waals surface area contributed by atoms with Crippen LogP contribution in [0.3, 0.4) is 0 Å². The fraction of sp³-hybridized carbons (Fsp3) is 0.316. The number of morpholine rings is 1. The minimum Gasteiger partial charge on any atom is -0.484 e. The molecular formula is C19H22N2O3. The first kappa shape index (κ1) is 16.5. The van der Waals surface area contributed by atoms with Crippen LogP contribution in [0.25, 0.3) is 0 Å². The molecule has 5 nitrogen and oxygen atoms in total. The molecule has 2 aromatic carbocycles. The quantitative estimate of drug-likeness (QED) is 0.886. The molecule has 24 heavy (non-hydrogen) atoms. The largest absolute Gasteiger partial charge is 0.484 e. The summed E-state index contributed by atoms with van der Waals surface area (Å²) in [5.74, 6) is 0.522. The van der Waals surface area contributed by atoms with Gasteiger partial charge in [-0.15, -0.1) is 0 Å². The van der Waals surface area contributed by atoms with Gasteiger partial charge in [0.1, 0.15) is 5.75 Å². The lowest BCUT2D eigenvalue weighted by molar-refractivity contribution is -0.118. The smallest absolute Gasteiger partial charge is 0.262 e. The molecule has 2 aromatic rings. The van der Waals surface area contributed by atoms with Gasteiger partial charge in [-0.25, -0.2) is 0 Å². The normalized spacial score (nSPS) is 15.0. The Morgan fingerprint density at radius 3 is 2.46 bits per heavy atom. The number of ether oxygens (including phenoxy) is 2. The first-order chi connectivity index (χ1) is 11.8. The highest BCUT2D eigenvalue weighted by atomic mass is 16.5. The number of hydrogen-bond acceptors (Lipinski definition) is 4. The average molecular weight is 326 g/mol. The van der Waals surface area contributed by atoms with Crippen LogP contribution in [0.1, 0.15) is 5.56 Å². The summed E-state index contributed by atoms with van der Waals surface area (Å²) in [5.41, 5.74) is 2.01. The van der Waals surface area contributed by atoms with Gasteiger partial charge in [0.25, 0.3) is 5.91 Å². The standard InChI is InChI=1S/C19H22N2O3/c22-19(15-24-18-4-2-1-3-5-18)20-17-8-6-16(7-9-17)14-21-10-12-23-13-11-21/h1-9H,10-15H2,(H,20,22). The van der Waals surface area contributed by atoms with Crippen LogP contribution in [0.15, 0.2) is 54.6 Å². The Balaban J connectivity index is 1.45. The highest BCUT2D eigenvalue weighted by molar-refractivity contribution is 5.91. The molecule has 0 bridgehead atoms. The SMILES string of the molecule is O=C(COc1ccccc1)Nc1ccc(CN2CCOCC2)cc1. The number of anilines is 1. The summed E-state index contributed by atoms with van der Waals surface area (Å²) < 4.78 is 10.8. The number of amides is 1. The van der Waals surface area contributed by atoms with Crippen molar-refractivity contribution in [1.29, 1.82) is 0 Å². The average Bonchev–Trinajstić information content (AvgIpc) is 2.63.